The first-order valence-corrected chi connectivity index (χ1v) is 8.66. The molecule has 1 aliphatic heterocycles. The summed E-state index contributed by atoms with van der Waals surface area (Å²) in [5.74, 6) is 1.23. The molecule has 1 aliphatic rings. The minimum atomic E-state index is -0.396. The van der Waals surface area contributed by atoms with Gasteiger partial charge in [0.15, 0.2) is 5.82 Å². The molecule has 0 bridgehead atoms. The fourth-order valence-electron chi connectivity index (χ4n) is 3.06. The Morgan fingerprint density at radius 2 is 2.04 bits per heavy atom. The number of carbonyl (C=O) groups is 1. The first-order valence-electron chi connectivity index (χ1n) is 8.66. The van der Waals surface area contributed by atoms with Crippen molar-refractivity contribution in [3.63, 3.8) is 0 Å². The van der Waals surface area contributed by atoms with Gasteiger partial charge in [-0.1, -0.05) is 35.5 Å². The van der Waals surface area contributed by atoms with Crippen LogP contribution in [0.2, 0.25) is 0 Å². The first kappa shape index (κ1) is 16.5. The van der Waals surface area contributed by atoms with Gasteiger partial charge in [0.25, 0.3) is 5.91 Å². The molecule has 1 fully saturated rings. The van der Waals surface area contributed by atoms with Gasteiger partial charge in [-0.3, -0.25) is 10.1 Å². The van der Waals surface area contributed by atoms with Gasteiger partial charge in [-0.2, -0.15) is 10.1 Å². The number of carbonyl (C=O) groups excluding carboxylic acids is 1. The molecule has 0 unspecified atom stereocenters. The maximum absolute atomic E-state index is 12.5. The zero-order valence-corrected chi connectivity index (χ0v) is 14.5. The van der Waals surface area contributed by atoms with E-state index in [1.807, 2.05) is 30.3 Å². The number of nitrogens with one attached hydrogen (secondary N) is 2. The van der Waals surface area contributed by atoms with E-state index < -0.39 is 5.91 Å². The highest BCUT2D eigenvalue weighted by Gasteiger charge is 2.22. The minimum Gasteiger partial charge on any atom is -0.350 e. The number of nitrogens with zero attached hydrogens (tertiary/aromatic N) is 4. The van der Waals surface area contributed by atoms with Gasteiger partial charge in [-0.25, -0.2) is 4.68 Å². The van der Waals surface area contributed by atoms with Crippen molar-refractivity contribution in [2.24, 2.45) is 7.05 Å². The molecule has 0 atom stereocenters. The van der Waals surface area contributed by atoms with Crippen molar-refractivity contribution >= 4 is 11.9 Å². The van der Waals surface area contributed by atoms with Crippen LogP contribution in [-0.4, -0.2) is 38.9 Å². The standard InChI is InChI=1S/C18H20N6O2/c1-24-18(20-16(22-24)13-7-9-19-10-8-13)21-17(25)15-11-14(23-26-15)12-5-3-2-4-6-12/h2-6,11,13,19H,7-10H2,1H3,(H,20,21,22,25). The van der Waals surface area contributed by atoms with Crippen LogP contribution in [0.1, 0.15) is 35.1 Å². The van der Waals surface area contributed by atoms with Crippen LogP contribution in [0.4, 0.5) is 5.95 Å². The second-order valence-electron chi connectivity index (χ2n) is 6.34. The lowest BCUT2D eigenvalue weighted by molar-refractivity contribution is 0.0986. The maximum atomic E-state index is 12.5. The number of aromatic nitrogens is 4. The number of rotatable bonds is 4. The van der Waals surface area contributed by atoms with Crippen LogP contribution < -0.4 is 10.6 Å². The van der Waals surface area contributed by atoms with E-state index in [1.54, 1.807) is 17.8 Å². The Morgan fingerprint density at radius 3 is 2.81 bits per heavy atom. The van der Waals surface area contributed by atoms with Gasteiger partial charge in [0.1, 0.15) is 5.69 Å². The summed E-state index contributed by atoms with van der Waals surface area (Å²) in [5.41, 5.74) is 1.51. The van der Waals surface area contributed by atoms with Crippen LogP contribution >= 0.6 is 0 Å². The fraction of sp³-hybridized carbons (Fsp3) is 0.333. The summed E-state index contributed by atoms with van der Waals surface area (Å²) in [6, 6.07) is 11.2. The molecule has 1 aromatic carbocycles. The molecule has 0 radical (unpaired) electrons. The van der Waals surface area contributed by atoms with Crippen molar-refractivity contribution in [1.29, 1.82) is 0 Å². The second kappa shape index (κ2) is 7.09. The van der Waals surface area contributed by atoms with Crippen molar-refractivity contribution in [2.45, 2.75) is 18.8 Å². The van der Waals surface area contributed by atoms with Crippen molar-refractivity contribution in [3.05, 3.63) is 48.0 Å². The van der Waals surface area contributed by atoms with E-state index in [0.29, 0.717) is 17.6 Å². The summed E-state index contributed by atoms with van der Waals surface area (Å²) < 4.78 is 6.78. The van der Waals surface area contributed by atoms with Crippen LogP contribution in [0.3, 0.4) is 0 Å². The summed E-state index contributed by atoms with van der Waals surface area (Å²) in [6.07, 6.45) is 2.00. The lowest BCUT2D eigenvalue weighted by Gasteiger charge is -2.19. The number of aryl methyl sites for hydroxylation is 1. The molecule has 1 saturated heterocycles. The molecule has 2 N–H and O–H groups in total. The van der Waals surface area contributed by atoms with Crippen LogP contribution in [-0.2, 0) is 7.05 Å². The quantitative estimate of drug-likeness (QED) is 0.747. The smallest absolute Gasteiger partial charge is 0.296 e. The summed E-state index contributed by atoms with van der Waals surface area (Å²) in [7, 11) is 1.77. The predicted octanol–water partition coefficient (Wildman–Crippen LogP) is 2.19. The fourth-order valence-corrected chi connectivity index (χ4v) is 3.06. The van der Waals surface area contributed by atoms with Crippen LogP contribution in [0, 0.1) is 0 Å². The van der Waals surface area contributed by atoms with Crippen LogP contribution in [0.5, 0.6) is 0 Å². The lowest BCUT2D eigenvalue weighted by Crippen LogP contribution is -2.27. The maximum Gasteiger partial charge on any atom is 0.296 e. The zero-order valence-electron chi connectivity index (χ0n) is 14.5. The highest BCUT2D eigenvalue weighted by Crippen LogP contribution is 2.24. The lowest BCUT2D eigenvalue weighted by atomic mass is 9.98. The molecule has 0 saturated carbocycles. The van der Waals surface area contributed by atoms with Gasteiger partial charge >= 0.3 is 0 Å². The normalized spacial score (nSPS) is 15.1. The monoisotopic (exact) mass is 352 g/mol. The molecular formula is C18H20N6O2. The van der Waals surface area contributed by atoms with Gasteiger partial charge in [0, 0.05) is 24.6 Å². The number of amides is 1. The van der Waals surface area contributed by atoms with Gasteiger partial charge in [0.2, 0.25) is 11.7 Å². The van der Waals surface area contributed by atoms with Crippen molar-refractivity contribution < 1.29 is 9.32 Å². The molecule has 2 aromatic heterocycles. The van der Waals surface area contributed by atoms with E-state index in [9.17, 15) is 4.79 Å². The zero-order chi connectivity index (χ0) is 17.9. The van der Waals surface area contributed by atoms with Gasteiger partial charge in [-0.05, 0) is 25.9 Å². The van der Waals surface area contributed by atoms with E-state index in [4.69, 9.17) is 4.52 Å². The average Bonchev–Trinajstić information content (AvgIpc) is 3.31. The summed E-state index contributed by atoms with van der Waals surface area (Å²) >= 11 is 0. The molecule has 8 nitrogen and oxygen atoms in total. The summed E-state index contributed by atoms with van der Waals surface area (Å²) in [4.78, 5) is 17.0. The number of anilines is 1. The predicted molar refractivity (Wildman–Crippen MR) is 95.7 cm³/mol. The molecule has 134 valence electrons. The van der Waals surface area contributed by atoms with Gasteiger partial charge < -0.3 is 9.84 Å². The molecule has 3 aromatic rings. The highest BCUT2D eigenvalue weighted by molar-refractivity contribution is 6.01. The molecular weight excluding hydrogens is 332 g/mol. The number of hydrogen-bond donors (Lipinski definition) is 2. The number of hydrogen-bond acceptors (Lipinski definition) is 6. The van der Waals surface area contributed by atoms with Crippen LogP contribution in [0.15, 0.2) is 40.9 Å². The average molecular weight is 352 g/mol. The number of piperidine rings is 1. The third-order valence-corrected chi connectivity index (χ3v) is 4.51. The third kappa shape index (κ3) is 3.36. The van der Waals surface area contributed by atoms with E-state index >= 15 is 0 Å². The topological polar surface area (TPSA) is 97.9 Å². The molecule has 4 rings (SSSR count). The SMILES string of the molecule is Cn1nc(C2CCNCC2)nc1NC(=O)c1cc(-c2ccccc2)no1. The van der Waals surface area contributed by atoms with Crippen molar-refractivity contribution in [1.82, 2.24) is 25.2 Å². The number of benzene rings is 1. The molecule has 0 aliphatic carbocycles. The Morgan fingerprint density at radius 1 is 1.27 bits per heavy atom. The molecule has 3 heterocycles. The molecule has 26 heavy (non-hydrogen) atoms. The second-order valence-corrected chi connectivity index (χ2v) is 6.34. The van der Waals surface area contributed by atoms with E-state index in [-0.39, 0.29) is 5.76 Å². The Balaban J connectivity index is 1.48. The minimum absolute atomic E-state index is 0.135. The van der Waals surface area contributed by atoms with E-state index in [2.05, 4.69) is 25.9 Å². The van der Waals surface area contributed by atoms with Gasteiger partial charge in [-0.15, -0.1) is 0 Å². The Labute approximate surface area is 150 Å². The molecule has 8 heteroatoms. The molecule has 0 spiro atoms. The largest absolute Gasteiger partial charge is 0.350 e. The summed E-state index contributed by atoms with van der Waals surface area (Å²) in [5, 5.41) is 14.5. The Hall–Kier alpha value is -3.00. The highest BCUT2D eigenvalue weighted by atomic mass is 16.5. The van der Waals surface area contributed by atoms with Gasteiger partial charge in [0.05, 0.1) is 0 Å². The van der Waals surface area contributed by atoms with E-state index in [1.165, 1.54) is 0 Å². The van der Waals surface area contributed by atoms with Crippen LogP contribution in [0.25, 0.3) is 11.3 Å². The van der Waals surface area contributed by atoms with Crippen molar-refractivity contribution in [2.75, 3.05) is 18.4 Å². The summed E-state index contributed by atoms with van der Waals surface area (Å²) in [6.45, 7) is 1.93. The third-order valence-electron chi connectivity index (χ3n) is 4.51. The molecule has 1 amide bonds. The Bertz CT molecular complexity index is 896. The van der Waals surface area contributed by atoms with Crippen molar-refractivity contribution in [3.8, 4) is 11.3 Å². The van der Waals surface area contributed by atoms with E-state index in [0.717, 1.165) is 37.3 Å². The first-order chi connectivity index (χ1) is 12.7. The Kier molecular flexibility index (Phi) is 4.49.